The van der Waals surface area contributed by atoms with Crippen molar-refractivity contribution in [3.63, 3.8) is 0 Å². The van der Waals surface area contributed by atoms with Gasteiger partial charge in [0.1, 0.15) is 0 Å². The molecule has 4 nitrogen and oxygen atoms in total. The Morgan fingerprint density at radius 2 is 2.33 bits per heavy atom. The fraction of sp³-hybridized carbons (Fsp3) is 0.385. The Hall–Kier alpha value is -1.46. The van der Waals surface area contributed by atoms with Crippen molar-refractivity contribution in [2.75, 3.05) is 5.32 Å². The zero-order valence-corrected chi connectivity index (χ0v) is 11.4. The lowest BCUT2D eigenvalue weighted by Crippen LogP contribution is -2.26. The molecule has 1 atom stereocenters. The zero-order chi connectivity index (χ0) is 13.1. The topological polar surface area (TPSA) is 68.0 Å². The lowest BCUT2D eigenvalue weighted by Gasteiger charge is -2.09. The Kier molecular flexibility index (Phi) is 3.93. The summed E-state index contributed by atoms with van der Waals surface area (Å²) in [5.41, 5.74) is 7.53. The largest absolute Gasteiger partial charge is 0.327 e. The number of amides is 1. The van der Waals surface area contributed by atoms with Crippen molar-refractivity contribution in [1.29, 1.82) is 0 Å². The molecule has 1 aromatic heterocycles. The third-order valence-electron chi connectivity index (χ3n) is 2.75. The van der Waals surface area contributed by atoms with Gasteiger partial charge in [-0.3, -0.25) is 4.79 Å². The van der Waals surface area contributed by atoms with Crippen LogP contribution < -0.4 is 11.1 Å². The van der Waals surface area contributed by atoms with Crippen LogP contribution in [-0.4, -0.2) is 16.9 Å². The van der Waals surface area contributed by atoms with E-state index in [-0.39, 0.29) is 11.9 Å². The molecule has 0 radical (unpaired) electrons. The van der Waals surface area contributed by atoms with Gasteiger partial charge in [-0.25, -0.2) is 4.98 Å². The number of benzene rings is 1. The van der Waals surface area contributed by atoms with Crippen molar-refractivity contribution in [2.45, 2.75) is 32.7 Å². The molecular formula is C13H17N3OS. The van der Waals surface area contributed by atoms with E-state index in [1.807, 2.05) is 32.0 Å². The lowest BCUT2D eigenvalue weighted by atomic mass is 10.1. The van der Waals surface area contributed by atoms with Crippen molar-refractivity contribution in [2.24, 2.45) is 5.73 Å². The minimum atomic E-state index is -0.0700. The number of hydrogen-bond acceptors (Lipinski definition) is 4. The van der Waals surface area contributed by atoms with Crippen LogP contribution in [0.3, 0.4) is 0 Å². The molecule has 1 unspecified atom stereocenters. The average molecular weight is 263 g/mol. The van der Waals surface area contributed by atoms with Gasteiger partial charge < -0.3 is 11.1 Å². The van der Waals surface area contributed by atoms with E-state index in [2.05, 4.69) is 10.3 Å². The van der Waals surface area contributed by atoms with Crippen molar-refractivity contribution >= 4 is 33.1 Å². The number of carbonyl (C=O) groups is 1. The number of nitrogens with one attached hydrogen (secondary N) is 1. The molecule has 1 aromatic carbocycles. The molecule has 0 saturated carbocycles. The number of nitrogens with two attached hydrogens (primary N) is 1. The van der Waals surface area contributed by atoms with Gasteiger partial charge in [-0.15, -0.1) is 11.3 Å². The first kappa shape index (κ1) is 13.0. The standard InChI is InChI=1S/C13H17N3OS/c1-3-9(14)6-13(17)16-10-4-5-11-12(7-10)18-8(2)15-11/h4-5,7,9H,3,6,14H2,1-2H3,(H,16,17). The number of aromatic nitrogens is 1. The van der Waals surface area contributed by atoms with E-state index >= 15 is 0 Å². The number of thiazole rings is 1. The van der Waals surface area contributed by atoms with Crippen molar-refractivity contribution in [3.05, 3.63) is 23.2 Å². The Morgan fingerprint density at radius 3 is 3.06 bits per heavy atom. The van der Waals surface area contributed by atoms with Crippen molar-refractivity contribution in [1.82, 2.24) is 4.98 Å². The first-order valence-corrected chi connectivity index (χ1v) is 6.82. The first-order valence-electron chi connectivity index (χ1n) is 6.01. The molecule has 0 fully saturated rings. The van der Waals surface area contributed by atoms with E-state index in [9.17, 15) is 4.79 Å². The van der Waals surface area contributed by atoms with Gasteiger partial charge in [-0.05, 0) is 31.5 Å². The van der Waals surface area contributed by atoms with E-state index < -0.39 is 0 Å². The van der Waals surface area contributed by atoms with E-state index in [0.29, 0.717) is 6.42 Å². The van der Waals surface area contributed by atoms with Gasteiger partial charge in [0, 0.05) is 18.2 Å². The SMILES string of the molecule is CCC(N)CC(=O)Nc1ccc2nc(C)sc2c1. The van der Waals surface area contributed by atoms with Crippen LogP contribution in [0.1, 0.15) is 24.8 Å². The van der Waals surface area contributed by atoms with Crippen LogP contribution >= 0.6 is 11.3 Å². The number of anilines is 1. The van der Waals surface area contributed by atoms with Crippen LogP contribution in [0.2, 0.25) is 0 Å². The maximum absolute atomic E-state index is 11.7. The molecule has 0 saturated heterocycles. The molecule has 18 heavy (non-hydrogen) atoms. The maximum Gasteiger partial charge on any atom is 0.225 e. The summed E-state index contributed by atoms with van der Waals surface area (Å²) in [5, 5.41) is 3.90. The maximum atomic E-state index is 11.7. The van der Waals surface area contributed by atoms with Gasteiger partial charge in [0.2, 0.25) is 5.91 Å². The summed E-state index contributed by atoms with van der Waals surface area (Å²) < 4.78 is 1.09. The molecule has 0 aliphatic rings. The van der Waals surface area contributed by atoms with E-state index in [0.717, 1.165) is 27.3 Å². The second-order valence-corrected chi connectivity index (χ2v) is 5.57. The summed E-state index contributed by atoms with van der Waals surface area (Å²) in [5.74, 6) is -0.0371. The minimum Gasteiger partial charge on any atom is -0.327 e. The molecule has 2 rings (SSSR count). The van der Waals surface area contributed by atoms with Gasteiger partial charge >= 0.3 is 0 Å². The number of hydrogen-bond donors (Lipinski definition) is 2. The normalized spacial score (nSPS) is 12.6. The number of rotatable bonds is 4. The number of nitrogens with zero attached hydrogens (tertiary/aromatic N) is 1. The molecule has 96 valence electrons. The predicted octanol–water partition coefficient (Wildman–Crippen LogP) is 2.67. The second-order valence-electron chi connectivity index (χ2n) is 4.34. The van der Waals surface area contributed by atoms with E-state index in [1.54, 1.807) is 11.3 Å². The molecule has 3 N–H and O–H groups in total. The van der Waals surface area contributed by atoms with Crippen molar-refractivity contribution in [3.8, 4) is 0 Å². The van der Waals surface area contributed by atoms with Crippen LogP contribution in [0.4, 0.5) is 5.69 Å². The highest BCUT2D eigenvalue weighted by molar-refractivity contribution is 7.18. The second kappa shape index (κ2) is 5.46. The fourth-order valence-corrected chi connectivity index (χ4v) is 2.58. The molecule has 1 amide bonds. The summed E-state index contributed by atoms with van der Waals surface area (Å²) in [7, 11) is 0. The fourth-order valence-electron chi connectivity index (χ4n) is 1.71. The number of fused-ring (bicyclic) bond motifs is 1. The molecule has 2 aromatic rings. The van der Waals surface area contributed by atoms with Crippen LogP contribution in [-0.2, 0) is 4.79 Å². The molecule has 5 heteroatoms. The monoisotopic (exact) mass is 263 g/mol. The number of aryl methyl sites for hydroxylation is 1. The minimum absolute atomic E-state index is 0.0371. The molecule has 0 aliphatic carbocycles. The highest BCUT2D eigenvalue weighted by Gasteiger charge is 2.08. The van der Waals surface area contributed by atoms with Gasteiger partial charge in [-0.2, -0.15) is 0 Å². The summed E-state index contributed by atoms with van der Waals surface area (Å²) >= 11 is 1.62. The highest BCUT2D eigenvalue weighted by Crippen LogP contribution is 2.24. The quantitative estimate of drug-likeness (QED) is 0.891. The van der Waals surface area contributed by atoms with Gasteiger partial charge in [-0.1, -0.05) is 6.92 Å². The Morgan fingerprint density at radius 1 is 1.56 bits per heavy atom. The van der Waals surface area contributed by atoms with Crippen LogP contribution in [0, 0.1) is 6.92 Å². The predicted molar refractivity (Wildman–Crippen MR) is 75.9 cm³/mol. The van der Waals surface area contributed by atoms with Gasteiger partial charge in [0.05, 0.1) is 15.2 Å². The Bertz CT molecular complexity index is 564. The zero-order valence-electron chi connectivity index (χ0n) is 10.6. The summed E-state index contributed by atoms with van der Waals surface area (Å²) in [6.07, 6.45) is 1.16. The van der Waals surface area contributed by atoms with Crippen LogP contribution in [0.25, 0.3) is 10.2 Å². The van der Waals surface area contributed by atoms with E-state index in [4.69, 9.17) is 5.73 Å². The van der Waals surface area contributed by atoms with E-state index in [1.165, 1.54) is 0 Å². The summed E-state index contributed by atoms with van der Waals surface area (Å²) in [6, 6.07) is 5.68. The van der Waals surface area contributed by atoms with Gasteiger partial charge in [0.15, 0.2) is 0 Å². The Balaban J connectivity index is 2.09. The van der Waals surface area contributed by atoms with Crippen LogP contribution in [0.15, 0.2) is 18.2 Å². The number of carbonyl (C=O) groups excluding carboxylic acids is 1. The first-order chi connectivity index (χ1) is 8.58. The van der Waals surface area contributed by atoms with Gasteiger partial charge in [0.25, 0.3) is 0 Å². The molecule has 0 aliphatic heterocycles. The molecule has 0 spiro atoms. The molecular weight excluding hydrogens is 246 g/mol. The third-order valence-corrected chi connectivity index (χ3v) is 3.68. The summed E-state index contributed by atoms with van der Waals surface area (Å²) in [6.45, 7) is 3.95. The average Bonchev–Trinajstić information content (AvgIpc) is 2.68. The third kappa shape index (κ3) is 3.05. The van der Waals surface area contributed by atoms with Crippen molar-refractivity contribution < 1.29 is 4.79 Å². The van der Waals surface area contributed by atoms with Crippen LogP contribution in [0.5, 0.6) is 0 Å². The summed E-state index contributed by atoms with van der Waals surface area (Å²) in [4.78, 5) is 16.1. The Labute approximate surface area is 110 Å². The lowest BCUT2D eigenvalue weighted by molar-refractivity contribution is -0.116. The highest BCUT2D eigenvalue weighted by atomic mass is 32.1. The smallest absolute Gasteiger partial charge is 0.225 e. The molecule has 0 bridgehead atoms. The molecule has 1 heterocycles.